The Kier molecular flexibility index (Phi) is 7.04. The van der Waals surface area contributed by atoms with Crippen LogP contribution in [0, 0.1) is 28.6 Å². The Hall–Kier alpha value is -1.67. The molecular weight excluding hydrogens is 440 g/mol. The monoisotopic (exact) mass is 480 g/mol. The second-order valence-corrected chi connectivity index (χ2v) is 11.3. The number of hydrogen-bond donors (Lipinski definition) is 0. The van der Waals surface area contributed by atoms with E-state index >= 15 is 0 Å². The highest BCUT2D eigenvalue weighted by molar-refractivity contribution is 5.67. The molecule has 8 atom stereocenters. The summed E-state index contributed by atoms with van der Waals surface area (Å²) in [7, 11) is 0. The molecule has 8 nitrogen and oxygen atoms in total. The molecule has 8 heteroatoms. The molecule has 2 heterocycles. The maximum atomic E-state index is 12.2. The number of hydrogen-bond acceptors (Lipinski definition) is 8. The first-order valence-electron chi connectivity index (χ1n) is 12.7. The fraction of sp³-hybridized carbons (Fsp3) is 0.885. The van der Waals surface area contributed by atoms with Crippen LogP contribution in [0.2, 0.25) is 0 Å². The second kappa shape index (κ2) is 9.41. The van der Waals surface area contributed by atoms with Crippen LogP contribution in [0.5, 0.6) is 0 Å². The molecular formula is C26H40O8. The van der Waals surface area contributed by atoms with Crippen LogP contribution in [-0.2, 0) is 38.1 Å². The van der Waals surface area contributed by atoms with Crippen molar-refractivity contribution in [1.29, 1.82) is 0 Å². The Morgan fingerprint density at radius 3 is 2.38 bits per heavy atom. The number of carbonyl (C=O) groups is 3. The Labute approximate surface area is 202 Å². The first kappa shape index (κ1) is 25.4. The van der Waals surface area contributed by atoms with Crippen molar-refractivity contribution in [2.45, 2.75) is 91.0 Å². The molecule has 4 fully saturated rings. The van der Waals surface area contributed by atoms with E-state index < -0.39 is 17.1 Å². The van der Waals surface area contributed by atoms with Gasteiger partial charge in [-0.1, -0.05) is 20.3 Å². The predicted molar refractivity (Wildman–Crippen MR) is 122 cm³/mol. The normalized spacial score (nSPS) is 41.9. The summed E-state index contributed by atoms with van der Waals surface area (Å²) in [5.41, 5.74) is -1.32. The minimum atomic E-state index is -0.628. The van der Waals surface area contributed by atoms with Crippen LogP contribution in [0.15, 0.2) is 0 Å². The second-order valence-electron chi connectivity index (χ2n) is 11.3. The largest absolute Gasteiger partial charge is 0.465 e. The van der Waals surface area contributed by atoms with Crippen molar-refractivity contribution in [3.8, 4) is 0 Å². The molecule has 2 saturated heterocycles. The van der Waals surface area contributed by atoms with Crippen molar-refractivity contribution in [3.63, 3.8) is 0 Å². The molecule has 192 valence electrons. The molecule has 0 aromatic heterocycles. The van der Waals surface area contributed by atoms with E-state index in [1.54, 1.807) is 0 Å². The van der Waals surface area contributed by atoms with Gasteiger partial charge in [-0.25, -0.2) is 0 Å². The summed E-state index contributed by atoms with van der Waals surface area (Å²) >= 11 is 0. The molecule has 2 aliphatic carbocycles. The lowest BCUT2D eigenvalue weighted by Crippen LogP contribution is -2.67. The summed E-state index contributed by atoms with van der Waals surface area (Å²) in [5, 5.41) is 0. The first-order valence-corrected chi connectivity index (χ1v) is 12.7. The minimum absolute atomic E-state index is 0.0732. The third-order valence-corrected chi connectivity index (χ3v) is 9.37. The standard InChI is InChI=1S/C26H40O8/c1-16-11-23(34-19(4)29)26(15-31-17(2)27)22(7-6-9-25(26)14-32-25)24(16,5)12-21(33-18(3)28)20-8-10-30-13-20/h16,20-23H,6-15H2,1-5H3/t16-,20+,21+,22-,23+,24+,25+,26+/m1/s1. The topological polar surface area (TPSA) is 101 Å². The molecule has 0 aromatic carbocycles. The van der Waals surface area contributed by atoms with Gasteiger partial charge in [0.2, 0.25) is 0 Å². The van der Waals surface area contributed by atoms with Gasteiger partial charge >= 0.3 is 17.9 Å². The van der Waals surface area contributed by atoms with Crippen molar-refractivity contribution in [1.82, 2.24) is 0 Å². The van der Waals surface area contributed by atoms with E-state index in [4.69, 9.17) is 23.7 Å². The van der Waals surface area contributed by atoms with Crippen LogP contribution in [0.25, 0.3) is 0 Å². The molecule has 0 bridgehead atoms. The van der Waals surface area contributed by atoms with Crippen LogP contribution in [0.3, 0.4) is 0 Å². The van der Waals surface area contributed by atoms with E-state index in [2.05, 4.69) is 13.8 Å². The zero-order valence-corrected chi connectivity index (χ0v) is 21.2. The van der Waals surface area contributed by atoms with Gasteiger partial charge in [-0.3, -0.25) is 14.4 Å². The number of ether oxygens (including phenoxy) is 5. The van der Waals surface area contributed by atoms with Gasteiger partial charge in [0.15, 0.2) is 0 Å². The fourth-order valence-electron chi connectivity index (χ4n) is 7.52. The molecule has 4 aliphatic rings. The van der Waals surface area contributed by atoms with Crippen molar-refractivity contribution >= 4 is 17.9 Å². The van der Waals surface area contributed by atoms with Crippen molar-refractivity contribution in [3.05, 3.63) is 0 Å². The van der Waals surface area contributed by atoms with E-state index in [1.807, 2.05) is 0 Å². The Morgan fingerprint density at radius 2 is 1.82 bits per heavy atom. The maximum absolute atomic E-state index is 12.2. The van der Waals surface area contributed by atoms with Gasteiger partial charge in [0, 0.05) is 33.3 Å². The molecule has 0 amide bonds. The molecule has 4 rings (SSSR count). The smallest absolute Gasteiger partial charge is 0.302 e. The molecule has 2 saturated carbocycles. The number of rotatable bonds is 7. The van der Waals surface area contributed by atoms with Gasteiger partial charge in [0.25, 0.3) is 0 Å². The molecule has 0 unspecified atom stereocenters. The predicted octanol–water partition coefficient (Wildman–Crippen LogP) is 3.44. The average molecular weight is 481 g/mol. The summed E-state index contributed by atoms with van der Waals surface area (Å²) in [6, 6.07) is 0. The summed E-state index contributed by atoms with van der Waals surface area (Å²) in [6.45, 7) is 10.8. The van der Waals surface area contributed by atoms with Gasteiger partial charge < -0.3 is 23.7 Å². The number of esters is 3. The zero-order valence-electron chi connectivity index (χ0n) is 21.2. The average Bonchev–Trinajstić information content (AvgIpc) is 3.30. The molecule has 0 N–H and O–H groups in total. The van der Waals surface area contributed by atoms with Crippen LogP contribution >= 0.6 is 0 Å². The lowest BCUT2D eigenvalue weighted by atomic mass is 9.42. The maximum Gasteiger partial charge on any atom is 0.302 e. The first-order chi connectivity index (χ1) is 16.0. The lowest BCUT2D eigenvalue weighted by molar-refractivity contribution is -0.234. The molecule has 2 aliphatic heterocycles. The molecule has 1 spiro atoms. The summed E-state index contributed by atoms with van der Waals surface area (Å²) in [4.78, 5) is 36.2. The highest BCUT2D eigenvalue weighted by Gasteiger charge is 2.75. The van der Waals surface area contributed by atoms with Crippen LogP contribution in [0.4, 0.5) is 0 Å². The molecule has 0 radical (unpaired) electrons. The SMILES string of the molecule is CC(=O)OC[C@@]12[C@@H](OC(C)=O)C[C@@H](C)[C@](C)(C[C@H](OC(C)=O)[C@H]3CCOC3)[C@H]1CCC[C@]21CO1. The summed E-state index contributed by atoms with van der Waals surface area (Å²) in [5.74, 6) is -0.526. The van der Waals surface area contributed by atoms with Crippen LogP contribution in [-0.4, -0.2) is 62.1 Å². The Balaban J connectivity index is 1.75. The zero-order chi connectivity index (χ0) is 24.7. The molecule has 34 heavy (non-hydrogen) atoms. The van der Waals surface area contributed by atoms with E-state index in [-0.39, 0.29) is 53.8 Å². The van der Waals surface area contributed by atoms with Crippen molar-refractivity contribution in [2.75, 3.05) is 26.4 Å². The van der Waals surface area contributed by atoms with Gasteiger partial charge in [-0.15, -0.1) is 0 Å². The summed E-state index contributed by atoms with van der Waals surface area (Å²) in [6.07, 6.45) is 4.32. The van der Waals surface area contributed by atoms with Crippen molar-refractivity contribution in [2.24, 2.45) is 28.6 Å². The Bertz CT molecular complexity index is 801. The lowest BCUT2D eigenvalue weighted by Gasteiger charge is -2.63. The van der Waals surface area contributed by atoms with Crippen LogP contribution in [0.1, 0.15) is 73.1 Å². The third-order valence-electron chi connectivity index (χ3n) is 9.37. The highest BCUT2D eigenvalue weighted by Crippen LogP contribution is 2.69. The van der Waals surface area contributed by atoms with E-state index in [9.17, 15) is 14.4 Å². The van der Waals surface area contributed by atoms with E-state index in [1.165, 1.54) is 20.8 Å². The Morgan fingerprint density at radius 1 is 1.09 bits per heavy atom. The number of fused-ring (bicyclic) bond motifs is 2. The number of epoxide rings is 1. The third kappa shape index (κ3) is 4.36. The fourth-order valence-corrected chi connectivity index (χ4v) is 7.52. The van der Waals surface area contributed by atoms with E-state index in [0.717, 1.165) is 25.7 Å². The quantitative estimate of drug-likeness (QED) is 0.310. The molecule has 0 aromatic rings. The van der Waals surface area contributed by atoms with Crippen LogP contribution < -0.4 is 0 Å². The van der Waals surface area contributed by atoms with Gasteiger partial charge in [0.05, 0.1) is 18.6 Å². The van der Waals surface area contributed by atoms with Crippen molar-refractivity contribution < 1.29 is 38.1 Å². The minimum Gasteiger partial charge on any atom is -0.465 e. The van der Waals surface area contributed by atoms with Gasteiger partial charge in [-0.05, 0) is 49.4 Å². The highest BCUT2D eigenvalue weighted by atomic mass is 16.6. The van der Waals surface area contributed by atoms with Gasteiger partial charge in [-0.2, -0.15) is 0 Å². The van der Waals surface area contributed by atoms with E-state index in [0.29, 0.717) is 32.7 Å². The van der Waals surface area contributed by atoms with Gasteiger partial charge in [0.1, 0.15) is 24.4 Å². The summed E-state index contributed by atoms with van der Waals surface area (Å²) < 4.78 is 29.4. The number of carbonyl (C=O) groups excluding carboxylic acids is 3.